The molecule has 0 spiro atoms. The Hall–Kier alpha value is -2.20. The van der Waals surface area contributed by atoms with Gasteiger partial charge < -0.3 is 8.83 Å². The van der Waals surface area contributed by atoms with Crippen LogP contribution in [0, 0.1) is 5.92 Å². The lowest BCUT2D eigenvalue weighted by atomic mass is 9.99. The first-order valence-corrected chi connectivity index (χ1v) is 8.91. The Labute approximate surface area is 132 Å². The fourth-order valence-electron chi connectivity index (χ4n) is 2.44. The molecular formula is C13H16N4O5S. The molecule has 10 heteroatoms. The third-order valence-corrected chi connectivity index (χ3v) is 4.88. The summed E-state index contributed by atoms with van der Waals surface area (Å²) in [7, 11) is -3.30. The van der Waals surface area contributed by atoms with Gasteiger partial charge >= 0.3 is 6.01 Å². The highest BCUT2D eigenvalue weighted by Crippen LogP contribution is 2.22. The summed E-state index contributed by atoms with van der Waals surface area (Å²) in [4.78, 5) is 12.3. The van der Waals surface area contributed by atoms with Crippen LogP contribution in [-0.4, -0.2) is 48.2 Å². The van der Waals surface area contributed by atoms with Crippen molar-refractivity contribution in [1.82, 2.24) is 14.5 Å². The number of carbonyl (C=O) groups is 1. The molecule has 0 bridgehead atoms. The van der Waals surface area contributed by atoms with Gasteiger partial charge in [-0.1, -0.05) is 5.10 Å². The molecule has 1 aliphatic heterocycles. The summed E-state index contributed by atoms with van der Waals surface area (Å²) >= 11 is 0. The van der Waals surface area contributed by atoms with Crippen molar-refractivity contribution >= 4 is 21.9 Å². The zero-order chi connectivity index (χ0) is 16.4. The Bertz CT molecular complexity index is 783. The van der Waals surface area contributed by atoms with Gasteiger partial charge in [-0.15, -0.1) is 5.10 Å². The van der Waals surface area contributed by atoms with Crippen LogP contribution in [0.15, 0.2) is 27.2 Å². The number of nitrogens with one attached hydrogen (secondary N) is 1. The number of furan rings is 1. The molecule has 9 nitrogen and oxygen atoms in total. The molecule has 1 N–H and O–H groups in total. The molecular weight excluding hydrogens is 324 g/mol. The van der Waals surface area contributed by atoms with Crippen LogP contribution in [0.5, 0.6) is 0 Å². The number of anilines is 1. The predicted molar refractivity (Wildman–Crippen MR) is 79.8 cm³/mol. The Morgan fingerprint density at radius 1 is 1.43 bits per heavy atom. The molecule has 0 aliphatic carbocycles. The van der Waals surface area contributed by atoms with Gasteiger partial charge in [0.25, 0.3) is 5.89 Å². The molecule has 3 heterocycles. The van der Waals surface area contributed by atoms with Crippen LogP contribution in [-0.2, 0) is 14.8 Å². The highest BCUT2D eigenvalue weighted by molar-refractivity contribution is 7.88. The molecule has 0 aromatic carbocycles. The van der Waals surface area contributed by atoms with Crippen LogP contribution in [0.4, 0.5) is 6.01 Å². The van der Waals surface area contributed by atoms with E-state index in [2.05, 4.69) is 15.5 Å². The first-order valence-electron chi connectivity index (χ1n) is 7.07. The summed E-state index contributed by atoms with van der Waals surface area (Å²) in [5.74, 6) is -0.226. The van der Waals surface area contributed by atoms with Gasteiger partial charge in [0, 0.05) is 13.1 Å². The minimum Gasteiger partial charge on any atom is -0.459 e. The quantitative estimate of drug-likeness (QED) is 0.879. The minimum absolute atomic E-state index is 0.0436. The van der Waals surface area contributed by atoms with Crippen molar-refractivity contribution in [2.75, 3.05) is 24.7 Å². The molecule has 23 heavy (non-hydrogen) atoms. The number of aromatic nitrogens is 2. The van der Waals surface area contributed by atoms with Gasteiger partial charge in [-0.05, 0) is 25.0 Å². The fourth-order valence-corrected chi connectivity index (χ4v) is 3.35. The van der Waals surface area contributed by atoms with Crippen molar-refractivity contribution < 1.29 is 22.0 Å². The molecule has 3 rings (SSSR count). The number of sulfonamides is 1. The highest BCUT2D eigenvalue weighted by Gasteiger charge is 2.30. The molecule has 0 radical (unpaired) electrons. The van der Waals surface area contributed by atoms with Crippen molar-refractivity contribution in [1.29, 1.82) is 0 Å². The number of rotatable bonds is 4. The van der Waals surface area contributed by atoms with Crippen LogP contribution in [0.2, 0.25) is 0 Å². The van der Waals surface area contributed by atoms with Crippen LogP contribution >= 0.6 is 0 Å². The molecule has 1 aliphatic rings. The minimum atomic E-state index is -3.30. The highest BCUT2D eigenvalue weighted by atomic mass is 32.2. The molecule has 1 fully saturated rings. The molecule has 1 atom stereocenters. The summed E-state index contributed by atoms with van der Waals surface area (Å²) in [5.41, 5.74) is 0. The summed E-state index contributed by atoms with van der Waals surface area (Å²) in [6.07, 6.45) is 3.85. The predicted octanol–water partition coefficient (Wildman–Crippen LogP) is 0.940. The van der Waals surface area contributed by atoms with E-state index in [9.17, 15) is 13.2 Å². The zero-order valence-corrected chi connectivity index (χ0v) is 13.2. The van der Waals surface area contributed by atoms with Gasteiger partial charge in [0.2, 0.25) is 15.9 Å². The van der Waals surface area contributed by atoms with E-state index >= 15 is 0 Å². The third-order valence-electron chi connectivity index (χ3n) is 3.61. The number of amides is 1. The molecule has 124 valence electrons. The second-order valence-electron chi connectivity index (χ2n) is 5.34. The van der Waals surface area contributed by atoms with E-state index in [0.717, 1.165) is 6.26 Å². The SMILES string of the molecule is CS(=O)(=O)N1CCCC(C(=O)Nc2nnc(-c3ccco3)o2)C1. The van der Waals surface area contributed by atoms with Gasteiger partial charge in [-0.2, -0.15) is 0 Å². The monoisotopic (exact) mass is 340 g/mol. The van der Waals surface area contributed by atoms with Gasteiger partial charge in [-0.25, -0.2) is 12.7 Å². The molecule has 1 saturated heterocycles. The maximum absolute atomic E-state index is 12.3. The van der Waals surface area contributed by atoms with Crippen molar-refractivity contribution in [2.24, 2.45) is 5.92 Å². The Morgan fingerprint density at radius 3 is 2.96 bits per heavy atom. The van der Waals surface area contributed by atoms with Crippen LogP contribution in [0.1, 0.15) is 12.8 Å². The topological polar surface area (TPSA) is 119 Å². The van der Waals surface area contributed by atoms with Crippen LogP contribution in [0.3, 0.4) is 0 Å². The summed E-state index contributed by atoms with van der Waals surface area (Å²) in [6, 6.07) is 3.29. The average molecular weight is 340 g/mol. The van der Waals surface area contributed by atoms with Crippen molar-refractivity contribution in [2.45, 2.75) is 12.8 Å². The van der Waals surface area contributed by atoms with Crippen molar-refractivity contribution in [3.63, 3.8) is 0 Å². The third kappa shape index (κ3) is 3.59. The van der Waals surface area contributed by atoms with Crippen LogP contribution < -0.4 is 5.32 Å². The lowest BCUT2D eigenvalue weighted by molar-refractivity contribution is -0.121. The fraction of sp³-hybridized carbons (Fsp3) is 0.462. The number of nitrogens with zero attached hydrogens (tertiary/aromatic N) is 3. The molecule has 2 aromatic rings. The second-order valence-corrected chi connectivity index (χ2v) is 7.32. The Morgan fingerprint density at radius 2 is 2.26 bits per heavy atom. The molecule has 2 aromatic heterocycles. The number of carbonyl (C=O) groups excluding carboxylic acids is 1. The first kappa shape index (κ1) is 15.7. The largest absolute Gasteiger partial charge is 0.459 e. The maximum Gasteiger partial charge on any atom is 0.322 e. The standard InChI is InChI=1S/C13H16N4O5S/c1-23(19,20)17-6-2-4-9(8-17)11(18)14-13-16-15-12(22-13)10-5-3-7-21-10/h3,5,7,9H,2,4,6,8H2,1H3,(H,14,16,18). The zero-order valence-electron chi connectivity index (χ0n) is 12.4. The average Bonchev–Trinajstić information content (AvgIpc) is 3.17. The van der Waals surface area contributed by atoms with Gasteiger partial charge in [0.15, 0.2) is 5.76 Å². The molecule has 1 amide bonds. The molecule has 1 unspecified atom stereocenters. The normalized spacial score (nSPS) is 19.6. The van der Waals surface area contributed by atoms with E-state index in [-0.39, 0.29) is 24.4 Å². The lowest BCUT2D eigenvalue weighted by Gasteiger charge is -2.29. The lowest BCUT2D eigenvalue weighted by Crippen LogP contribution is -2.43. The number of hydrogen-bond acceptors (Lipinski definition) is 7. The summed E-state index contributed by atoms with van der Waals surface area (Å²) in [6.45, 7) is 0.593. The van der Waals surface area contributed by atoms with Gasteiger partial charge in [0.1, 0.15) is 0 Å². The maximum atomic E-state index is 12.3. The van der Waals surface area contributed by atoms with E-state index < -0.39 is 15.9 Å². The number of hydrogen-bond donors (Lipinski definition) is 1. The number of piperidine rings is 1. The van der Waals surface area contributed by atoms with E-state index in [1.807, 2.05) is 0 Å². The van der Waals surface area contributed by atoms with E-state index in [0.29, 0.717) is 25.1 Å². The Kier molecular flexibility index (Phi) is 4.18. The smallest absolute Gasteiger partial charge is 0.322 e. The van der Waals surface area contributed by atoms with Crippen LogP contribution in [0.25, 0.3) is 11.7 Å². The van der Waals surface area contributed by atoms with Gasteiger partial charge in [-0.3, -0.25) is 10.1 Å². The van der Waals surface area contributed by atoms with E-state index in [4.69, 9.17) is 8.83 Å². The second kappa shape index (κ2) is 6.13. The van der Waals surface area contributed by atoms with E-state index in [1.165, 1.54) is 10.6 Å². The summed E-state index contributed by atoms with van der Waals surface area (Å²) < 4.78 is 34.9. The van der Waals surface area contributed by atoms with Crippen molar-refractivity contribution in [3.05, 3.63) is 18.4 Å². The van der Waals surface area contributed by atoms with Crippen molar-refractivity contribution in [3.8, 4) is 11.7 Å². The van der Waals surface area contributed by atoms with E-state index in [1.54, 1.807) is 12.1 Å². The summed E-state index contributed by atoms with van der Waals surface area (Å²) in [5, 5.41) is 10.0. The molecule has 0 saturated carbocycles. The van der Waals surface area contributed by atoms with Gasteiger partial charge in [0.05, 0.1) is 18.4 Å². The first-order chi connectivity index (χ1) is 10.9. The Balaban J connectivity index is 1.65.